The quantitative estimate of drug-likeness (QED) is 0.735. The van der Waals surface area contributed by atoms with Crippen molar-refractivity contribution < 1.29 is 9.15 Å². The second-order valence-electron chi connectivity index (χ2n) is 6.82. The number of nitrogens with one attached hydrogen (secondary N) is 1. The van der Waals surface area contributed by atoms with Gasteiger partial charge in [0.05, 0.1) is 0 Å². The van der Waals surface area contributed by atoms with Crippen LogP contribution in [0.15, 0.2) is 45.6 Å². The number of ether oxygens (including phenoxy) is 1. The van der Waals surface area contributed by atoms with Crippen LogP contribution in [-0.4, -0.2) is 23.2 Å². The van der Waals surface area contributed by atoms with Crippen molar-refractivity contribution in [2.24, 2.45) is 0 Å². The van der Waals surface area contributed by atoms with E-state index in [9.17, 15) is 4.79 Å². The van der Waals surface area contributed by atoms with Crippen LogP contribution in [0.2, 0.25) is 0 Å². The van der Waals surface area contributed by atoms with E-state index < -0.39 is 0 Å². The summed E-state index contributed by atoms with van der Waals surface area (Å²) in [5.74, 6) is 1.31. The fourth-order valence-electron chi connectivity index (χ4n) is 3.95. The lowest BCUT2D eigenvalue weighted by Gasteiger charge is -2.29. The Balaban J connectivity index is 1.48. The minimum Gasteiger partial charge on any atom is -0.490 e. The van der Waals surface area contributed by atoms with Crippen LogP contribution in [0.1, 0.15) is 25.7 Å². The molecule has 1 N–H and O–H groups in total. The predicted molar refractivity (Wildman–Crippen MR) is 90.5 cm³/mol. The number of benzene rings is 2. The van der Waals surface area contributed by atoms with Gasteiger partial charge >= 0.3 is 0 Å². The Bertz CT molecular complexity index is 923. The molecule has 3 heterocycles. The molecule has 0 unspecified atom stereocenters. The third-order valence-electron chi connectivity index (χ3n) is 5.06. The van der Waals surface area contributed by atoms with Crippen molar-refractivity contribution in [2.45, 2.75) is 43.9 Å². The highest BCUT2D eigenvalue weighted by Crippen LogP contribution is 2.31. The molecule has 2 fully saturated rings. The van der Waals surface area contributed by atoms with Crippen LogP contribution in [-0.2, 0) is 0 Å². The molecule has 5 nitrogen and oxygen atoms in total. The molecule has 5 rings (SSSR count). The molecular weight excluding hydrogens is 304 g/mol. The highest BCUT2D eigenvalue weighted by atomic mass is 16.5. The normalized spacial score (nSPS) is 26.1. The average molecular weight is 322 g/mol. The van der Waals surface area contributed by atoms with Crippen LogP contribution in [0.3, 0.4) is 0 Å². The molecule has 1 aromatic rings. The average Bonchev–Trinajstić information content (AvgIpc) is 2.91. The first-order valence-corrected chi connectivity index (χ1v) is 8.50. The van der Waals surface area contributed by atoms with E-state index in [1.54, 1.807) is 6.07 Å². The summed E-state index contributed by atoms with van der Waals surface area (Å²) in [4.78, 5) is 16.0. The molecule has 5 heteroatoms. The number of hydrogen-bond acceptors (Lipinski definition) is 5. The van der Waals surface area contributed by atoms with E-state index in [2.05, 4.69) is 10.3 Å². The molecule has 4 aliphatic rings. The largest absolute Gasteiger partial charge is 0.490 e. The Morgan fingerprint density at radius 1 is 1.08 bits per heavy atom. The smallest absolute Gasteiger partial charge is 0.182 e. The summed E-state index contributed by atoms with van der Waals surface area (Å²) in [5.41, 5.74) is 2.01. The van der Waals surface area contributed by atoms with E-state index in [1.807, 2.05) is 18.2 Å². The van der Waals surface area contributed by atoms with Crippen LogP contribution in [0, 0.1) is 0 Å². The van der Waals surface area contributed by atoms with E-state index in [0.29, 0.717) is 29.1 Å². The summed E-state index contributed by atoms with van der Waals surface area (Å²) in [7, 11) is 0. The van der Waals surface area contributed by atoms with E-state index in [0.717, 1.165) is 24.1 Å². The first-order chi connectivity index (χ1) is 11.7. The summed E-state index contributed by atoms with van der Waals surface area (Å²) >= 11 is 0. The Hall–Kier alpha value is -2.40. The maximum Gasteiger partial charge on any atom is 0.182 e. The van der Waals surface area contributed by atoms with Crippen LogP contribution < -0.4 is 15.5 Å². The van der Waals surface area contributed by atoms with Gasteiger partial charge in [-0.2, -0.15) is 0 Å². The summed E-state index contributed by atoms with van der Waals surface area (Å²) in [6.45, 7) is 0. The Labute approximate surface area is 139 Å². The second-order valence-corrected chi connectivity index (χ2v) is 6.82. The van der Waals surface area contributed by atoms with Gasteiger partial charge in [-0.15, -0.1) is 0 Å². The van der Waals surface area contributed by atoms with Gasteiger partial charge in [-0.3, -0.25) is 4.79 Å². The summed E-state index contributed by atoms with van der Waals surface area (Å²) in [6, 6.07) is 11.6. The monoisotopic (exact) mass is 322 g/mol. The van der Waals surface area contributed by atoms with E-state index in [-0.39, 0.29) is 11.5 Å². The third kappa shape index (κ3) is 2.45. The third-order valence-corrected chi connectivity index (χ3v) is 5.06. The zero-order valence-electron chi connectivity index (χ0n) is 13.2. The molecular formula is C19H18N2O3. The fourth-order valence-corrected chi connectivity index (χ4v) is 3.95. The van der Waals surface area contributed by atoms with Gasteiger partial charge in [0, 0.05) is 24.2 Å². The van der Waals surface area contributed by atoms with Crippen LogP contribution in [0.5, 0.6) is 5.75 Å². The van der Waals surface area contributed by atoms with Crippen LogP contribution >= 0.6 is 0 Å². The molecule has 2 atom stereocenters. The molecule has 0 spiro atoms. The number of hydrogen-bond donors (Lipinski definition) is 1. The molecule has 0 amide bonds. The maximum atomic E-state index is 11.5. The zero-order chi connectivity index (χ0) is 16.1. The Kier molecular flexibility index (Phi) is 3.10. The van der Waals surface area contributed by atoms with Crippen molar-refractivity contribution in [3.63, 3.8) is 0 Å². The highest BCUT2D eigenvalue weighted by Gasteiger charge is 2.34. The second kappa shape index (κ2) is 5.31. The Morgan fingerprint density at radius 2 is 1.92 bits per heavy atom. The van der Waals surface area contributed by atoms with Crippen molar-refractivity contribution in [1.29, 1.82) is 0 Å². The van der Waals surface area contributed by atoms with Crippen molar-refractivity contribution in [2.75, 3.05) is 0 Å². The minimum atomic E-state index is -0.0787. The zero-order valence-corrected chi connectivity index (χ0v) is 13.2. The number of aromatic nitrogens is 1. The number of nitrogens with zero attached hydrogens (tertiary/aromatic N) is 1. The van der Waals surface area contributed by atoms with Gasteiger partial charge in [-0.25, -0.2) is 4.98 Å². The molecule has 0 aromatic heterocycles. The highest BCUT2D eigenvalue weighted by molar-refractivity contribution is 5.77. The number of fused-ring (bicyclic) bond motifs is 4. The van der Waals surface area contributed by atoms with Gasteiger partial charge in [0.15, 0.2) is 16.8 Å². The maximum absolute atomic E-state index is 11.5. The first kappa shape index (κ1) is 14.0. The van der Waals surface area contributed by atoms with Gasteiger partial charge < -0.3 is 14.5 Å². The predicted octanol–water partition coefficient (Wildman–Crippen LogP) is 2.95. The van der Waals surface area contributed by atoms with Crippen molar-refractivity contribution in [1.82, 2.24) is 10.3 Å². The molecule has 24 heavy (non-hydrogen) atoms. The number of rotatable bonds is 2. The van der Waals surface area contributed by atoms with Crippen LogP contribution in [0.25, 0.3) is 22.6 Å². The van der Waals surface area contributed by atoms with Crippen molar-refractivity contribution in [3.05, 3.63) is 46.6 Å². The molecule has 0 radical (unpaired) electrons. The first-order valence-electron chi connectivity index (χ1n) is 8.50. The topological polar surface area (TPSA) is 64.4 Å². The number of piperidine rings is 1. The lowest BCUT2D eigenvalue weighted by molar-refractivity contribution is 0.137. The molecule has 1 aliphatic carbocycles. The van der Waals surface area contributed by atoms with Gasteiger partial charge in [0.25, 0.3) is 0 Å². The molecule has 122 valence electrons. The van der Waals surface area contributed by atoms with Crippen molar-refractivity contribution in [3.8, 4) is 17.2 Å². The van der Waals surface area contributed by atoms with Crippen molar-refractivity contribution >= 4 is 11.1 Å². The van der Waals surface area contributed by atoms with Crippen LogP contribution in [0.4, 0.5) is 0 Å². The lowest BCUT2D eigenvalue weighted by atomic mass is 10.0. The van der Waals surface area contributed by atoms with Gasteiger partial charge in [0.2, 0.25) is 0 Å². The molecule has 0 saturated carbocycles. The summed E-state index contributed by atoms with van der Waals surface area (Å²) in [6.07, 6.45) is 4.88. The van der Waals surface area contributed by atoms with Gasteiger partial charge in [-0.05, 0) is 49.9 Å². The molecule has 3 aliphatic heterocycles. The van der Waals surface area contributed by atoms with Gasteiger partial charge in [0.1, 0.15) is 23.1 Å². The molecule has 1 aromatic carbocycles. The van der Waals surface area contributed by atoms with Gasteiger partial charge in [-0.1, -0.05) is 0 Å². The standard InChI is InChI=1S/C19H18N2O3/c22-13-3-5-16-18(9-13)24-19-10-14(4-6-17(19)21-16)23-15-7-11-1-2-12(8-15)20-11/h3-6,9-12,15,20H,1-2,7-8H2/t11-,12-/m1/s1. The fraction of sp³-hybridized carbons (Fsp3) is 0.368. The lowest BCUT2D eigenvalue weighted by Crippen LogP contribution is -2.42. The molecule has 2 saturated heterocycles. The Morgan fingerprint density at radius 3 is 2.75 bits per heavy atom. The summed E-state index contributed by atoms with van der Waals surface area (Å²) < 4.78 is 12.0. The SMILES string of the molecule is O=c1ccc2nc3ccc(OC4C[C@H]5CC[C@H](C4)N5)cc3oc-2c1. The summed E-state index contributed by atoms with van der Waals surface area (Å²) in [5, 5.41) is 3.62. The van der Waals surface area contributed by atoms with E-state index in [1.165, 1.54) is 25.0 Å². The van der Waals surface area contributed by atoms with E-state index in [4.69, 9.17) is 9.15 Å². The van der Waals surface area contributed by atoms with E-state index >= 15 is 0 Å². The molecule has 2 bridgehead atoms. The minimum absolute atomic E-state index is 0.0787.